The highest BCUT2D eigenvalue weighted by atomic mass is 16.7. The summed E-state index contributed by atoms with van der Waals surface area (Å²) < 4.78 is 26.7. The van der Waals surface area contributed by atoms with Crippen LogP contribution in [0.5, 0.6) is 23.0 Å². The van der Waals surface area contributed by atoms with E-state index >= 15 is 0 Å². The number of ether oxygens (including phenoxy) is 5. The summed E-state index contributed by atoms with van der Waals surface area (Å²) in [6.45, 7) is -0.156. The molecule has 0 atom stereocenters. The number of allylic oxidation sites excluding steroid dienone is 1. The predicted molar refractivity (Wildman–Crippen MR) is 124 cm³/mol. The molecule has 9 nitrogen and oxygen atoms in total. The van der Waals surface area contributed by atoms with Crippen LogP contribution in [0, 0.1) is 0 Å². The Morgan fingerprint density at radius 2 is 1.83 bits per heavy atom. The van der Waals surface area contributed by atoms with Crippen molar-refractivity contribution >= 4 is 29.4 Å². The molecule has 0 fully saturated rings. The average Bonchev–Trinajstić information content (AvgIpc) is 3.46. The van der Waals surface area contributed by atoms with Gasteiger partial charge in [0.25, 0.3) is 5.91 Å². The second kappa shape index (κ2) is 9.22. The standard InChI is InChI=1S/C26H19NO8/c1-31-26(30)17-4-2-3-5-19(17)27-24(28)13-32-16-7-8-18-21(12-16)35-23(25(18)29)11-15-6-9-20-22(10-15)34-14-33-20/h2-12H,13-14H2,1H3,(H,27,28). The van der Waals surface area contributed by atoms with Crippen molar-refractivity contribution in [1.29, 1.82) is 0 Å². The molecule has 0 saturated carbocycles. The number of carbonyl (C=O) groups is 3. The van der Waals surface area contributed by atoms with Gasteiger partial charge in [0.05, 0.1) is 23.9 Å². The fourth-order valence-electron chi connectivity index (χ4n) is 3.63. The van der Waals surface area contributed by atoms with Crippen molar-refractivity contribution in [3.8, 4) is 23.0 Å². The van der Waals surface area contributed by atoms with Crippen molar-refractivity contribution in [3.63, 3.8) is 0 Å². The second-order valence-corrected chi connectivity index (χ2v) is 7.58. The van der Waals surface area contributed by atoms with Crippen molar-refractivity contribution in [3.05, 3.63) is 83.1 Å². The Kier molecular flexibility index (Phi) is 5.80. The molecule has 2 heterocycles. The normalized spacial score (nSPS) is 14.3. The van der Waals surface area contributed by atoms with Crippen LogP contribution in [0.1, 0.15) is 26.3 Å². The van der Waals surface area contributed by atoms with E-state index in [9.17, 15) is 14.4 Å². The second-order valence-electron chi connectivity index (χ2n) is 7.58. The molecule has 0 unspecified atom stereocenters. The third kappa shape index (κ3) is 4.51. The van der Waals surface area contributed by atoms with Crippen molar-refractivity contribution < 1.29 is 38.1 Å². The SMILES string of the molecule is COC(=O)c1ccccc1NC(=O)COc1ccc2c(c1)OC(=Cc1ccc3c(c1)OCO3)C2=O. The highest BCUT2D eigenvalue weighted by Crippen LogP contribution is 2.37. The van der Waals surface area contributed by atoms with Gasteiger partial charge in [-0.15, -0.1) is 0 Å². The zero-order valence-corrected chi connectivity index (χ0v) is 18.5. The zero-order valence-electron chi connectivity index (χ0n) is 18.5. The highest BCUT2D eigenvalue weighted by molar-refractivity contribution is 6.14. The fraction of sp³-hybridized carbons (Fsp3) is 0.115. The summed E-state index contributed by atoms with van der Waals surface area (Å²) in [7, 11) is 1.26. The number of fused-ring (bicyclic) bond motifs is 2. The molecule has 0 spiro atoms. The molecule has 3 aromatic rings. The number of amides is 1. The lowest BCUT2D eigenvalue weighted by Crippen LogP contribution is -2.21. The summed E-state index contributed by atoms with van der Waals surface area (Å²) in [4.78, 5) is 37.0. The molecule has 9 heteroatoms. The molecule has 0 radical (unpaired) electrons. The number of nitrogens with one attached hydrogen (secondary N) is 1. The van der Waals surface area contributed by atoms with E-state index in [-0.39, 0.29) is 30.5 Å². The number of ketones is 1. The van der Waals surface area contributed by atoms with E-state index < -0.39 is 11.9 Å². The minimum atomic E-state index is -0.563. The third-order valence-electron chi connectivity index (χ3n) is 5.31. The first-order valence-corrected chi connectivity index (χ1v) is 10.6. The van der Waals surface area contributed by atoms with Crippen molar-refractivity contribution in [2.24, 2.45) is 0 Å². The highest BCUT2D eigenvalue weighted by Gasteiger charge is 2.28. The van der Waals surface area contributed by atoms with Gasteiger partial charge < -0.3 is 29.0 Å². The first kappa shape index (κ1) is 22.0. The molecule has 1 amide bonds. The van der Waals surface area contributed by atoms with E-state index in [1.54, 1.807) is 66.7 Å². The first-order chi connectivity index (χ1) is 17.0. The van der Waals surface area contributed by atoms with Gasteiger partial charge in [0.1, 0.15) is 11.5 Å². The van der Waals surface area contributed by atoms with Crippen molar-refractivity contribution in [1.82, 2.24) is 0 Å². The van der Waals surface area contributed by atoms with Gasteiger partial charge in [-0.1, -0.05) is 18.2 Å². The number of hydrogen-bond acceptors (Lipinski definition) is 8. The molecule has 1 N–H and O–H groups in total. The van der Waals surface area contributed by atoms with Crippen LogP contribution >= 0.6 is 0 Å². The van der Waals surface area contributed by atoms with E-state index in [1.807, 2.05) is 0 Å². The minimum Gasteiger partial charge on any atom is -0.484 e. The number of anilines is 1. The topological polar surface area (TPSA) is 109 Å². The molecular formula is C26H19NO8. The number of para-hydroxylation sites is 1. The molecule has 2 aliphatic rings. The lowest BCUT2D eigenvalue weighted by molar-refractivity contribution is -0.118. The third-order valence-corrected chi connectivity index (χ3v) is 5.31. The van der Waals surface area contributed by atoms with E-state index in [0.29, 0.717) is 34.2 Å². The molecule has 5 rings (SSSR count). The summed E-state index contributed by atoms with van der Waals surface area (Å²) in [6.07, 6.45) is 1.62. The lowest BCUT2D eigenvalue weighted by Gasteiger charge is -2.11. The number of methoxy groups -OCH3 is 1. The maximum absolute atomic E-state index is 12.7. The minimum absolute atomic E-state index is 0.160. The molecule has 0 bridgehead atoms. The van der Waals surface area contributed by atoms with Crippen LogP contribution in [0.3, 0.4) is 0 Å². The van der Waals surface area contributed by atoms with Gasteiger partial charge in [0, 0.05) is 6.07 Å². The summed E-state index contributed by atoms with van der Waals surface area (Å²) in [5.74, 6) is 0.788. The van der Waals surface area contributed by atoms with Crippen molar-refractivity contribution in [2.45, 2.75) is 0 Å². The Balaban J connectivity index is 1.24. The quantitative estimate of drug-likeness (QED) is 0.425. The number of rotatable bonds is 6. The monoisotopic (exact) mass is 473 g/mol. The Morgan fingerprint density at radius 1 is 1.00 bits per heavy atom. The van der Waals surface area contributed by atoms with Crippen LogP contribution in [0.15, 0.2) is 66.4 Å². The average molecular weight is 473 g/mol. The molecule has 0 aliphatic carbocycles. The number of carbonyl (C=O) groups excluding carboxylic acids is 3. The summed E-state index contributed by atoms with van der Waals surface area (Å²) in [6, 6.07) is 16.5. The summed E-state index contributed by atoms with van der Waals surface area (Å²) in [5, 5.41) is 2.63. The molecule has 2 aliphatic heterocycles. The van der Waals surface area contributed by atoms with Crippen LogP contribution in [-0.2, 0) is 9.53 Å². The number of Topliss-reactive ketones (excluding diaryl/α,β-unsaturated/α-hetero) is 1. The molecule has 0 aromatic heterocycles. The van der Waals surface area contributed by atoms with E-state index in [0.717, 1.165) is 5.56 Å². The van der Waals surface area contributed by atoms with E-state index in [4.69, 9.17) is 23.7 Å². The van der Waals surface area contributed by atoms with Crippen LogP contribution in [0.25, 0.3) is 6.08 Å². The molecule has 0 saturated heterocycles. The predicted octanol–water partition coefficient (Wildman–Crippen LogP) is 3.84. The van der Waals surface area contributed by atoms with E-state index in [1.165, 1.54) is 7.11 Å². The summed E-state index contributed by atoms with van der Waals surface area (Å²) >= 11 is 0. The van der Waals surface area contributed by atoms with Crippen LogP contribution in [-0.4, -0.2) is 38.2 Å². The van der Waals surface area contributed by atoms with Crippen LogP contribution < -0.4 is 24.3 Å². The van der Waals surface area contributed by atoms with Gasteiger partial charge in [-0.25, -0.2) is 4.79 Å². The maximum Gasteiger partial charge on any atom is 0.339 e. The first-order valence-electron chi connectivity index (χ1n) is 10.6. The Labute approximate surface area is 199 Å². The molecule has 176 valence electrons. The Hall–Kier alpha value is -4.79. The van der Waals surface area contributed by atoms with Crippen molar-refractivity contribution in [2.75, 3.05) is 25.8 Å². The molecule has 35 heavy (non-hydrogen) atoms. The maximum atomic E-state index is 12.7. The number of esters is 1. The van der Waals surface area contributed by atoms with Gasteiger partial charge in [0.15, 0.2) is 23.9 Å². The van der Waals surface area contributed by atoms with Gasteiger partial charge in [-0.05, 0) is 48.0 Å². The van der Waals surface area contributed by atoms with Gasteiger partial charge in [-0.2, -0.15) is 0 Å². The zero-order chi connectivity index (χ0) is 24.4. The lowest BCUT2D eigenvalue weighted by atomic mass is 10.1. The number of benzene rings is 3. The largest absolute Gasteiger partial charge is 0.484 e. The fourth-order valence-corrected chi connectivity index (χ4v) is 3.63. The Morgan fingerprint density at radius 3 is 2.69 bits per heavy atom. The van der Waals surface area contributed by atoms with E-state index in [2.05, 4.69) is 5.32 Å². The molecule has 3 aromatic carbocycles. The van der Waals surface area contributed by atoms with Gasteiger partial charge >= 0.3 is 5.97 Å². The van der Waals surface area contributed by atoms with Gasteiger partial charge in [0.2, 0.25) is 12.6 Å². The number of hydrogen-bond donors (Lipinski definition) is 1. The Bertz CT molecular complexity index is 1380. The van der Waals surface area contributed by atoms with Crippen LogP contribution in [0.2, 0.25) is 0 Å². The smallest absolute Gasteiger partial charge is 0.339 e. The van der Waals surface area contributed by atoms with Gasteiger partial charge in [-0.3, -0.25) is 9.59 Å². The summed E-state index contributed by atoms with van der Waals surface area (Å²) in [5.41, 5.74) is 1.66. The molecular weight excluding hydrogens is 454 g/mol. The van der Waals surface area contributed by atoms with Crippen LogP contribution in [0.4, 0.5) is 5.69 Å².